The first kappa shape index (κ1) is 39.0. The number of carbonyl (C=O) groups excluding carboxylic acids is 1. The number of benzene rings is 3. The van der Waals surface area contributed by atoms with Gasteiger partial charge in [0.05, 0.1) is 18.2 Å². The van der Waals surface area contributed by atoms with Crippen molar-refractivity contribution in [3.05, 3.63) is 129 Å². The number of nitrogens with zero attached hydrogens (tertiary/aromatic N) is 2. The number of urea groups is 1. The van der Waals surface area contributed by atoms with Gasteiger partial charge in [-0.3, -0.25) is 19.3 Å². The number of hydrogen-bond donors (Lipinski definition) is 4. The van der Waals surface area contributed by atoms with E-state index in [2.05, 4.69) is 71.0 Å². The summed E-state index contributed by atoms with van der Waals surface area (Å²) in [4.78, 5) is 45.2. The van der Waals surface area contributed by atoms with E-state index in [9.17, 15) is 14.4 Å². The van der Waals surface area contributed by atoms with Crippen LogP contribution in [-0.2, 0) is 9.16 Å². The number of carbonyl (C=O) groups is 1. The van der Waals surface area contributed by atoms with Gasteiger partial charge in [-0.25, -0.2) is 9.59 Å². The lowest BCUT2D eigenvalue weighted by molar-refractivity contribution is -0.0253. The third kappa shape index (κ3) is 8.79. The van der Waals surface area contributed by atoms with Gasteiger partial charge in [0.15, 0.2) is 0 Å². The van der Waals surface area contributed by atoms with E-state index in [1.807, 2.05) is 60.7 Å². The normalized spacial score (nSPS) is 17.4. The van der Waals surface area contributed by atoms with Crippen molar-refractivity contribution in [2.45, 2.75) is 76.8 Å². The Balaban J connectivity index is 1.11. The van der Waals surface area contributed by atoms with E-state index in [0.717, 1.165) is 52.8 Å². The van der Waals surface area contributed by atoms with Gasteiger partial charge in [-0.15, -0.1) is 0 Å². The second kappa shape index (κ2) is 17.1. The van der Waals surface area contributed by atoms with Crippen LogP contribution >= 0.6 is 11.6 Å². The van der Waals surface area contributed by atoms with Crippen LogP contribution in [0.1, 0.15) is 58.2 Å². The van der Waals surface area contributed by atoms with Gasteiger partial charge >= 0.3 is 11.7 Å². The highest BCUT2D eigenvalue weighted by molar-refractivity contribution is 6.99. The average Bonchev–Trinajstić information content (AvgIpc) is 3.54. The molecule has 0 unspecified atom stereocenters. The Morgan fingerprint density at radius 3 is 2.35 bits per heavy atom. The average molecular weight is 769 g/mol. The van der Waals surface area contributed by atoms with Crippen molar-refractivity contribution in [3.63, 3.8) is 0 Å². The van der Waals surface area contributed by atoms with Crippen molar-refractivity contribution >= 4 is 52.9 Å². The summed E-state index contributed by atoms with van der Waals surface area (Å²) in [5.74, 6) is 0. The Labute approximate surface area is 321 Å². The fourth-order valence-corrected chi connectivity index (χ4v) is 12.1. The molecule has 54 heavy (non-hydrogen) atoms. The number of ether oxygens (including phenoxy) is 1. The summed E-state index contributed by atoms with van der Waals surface area (Å²) >= 11 is 6.13. The smallest absolute Gasteiger partial charge is 0.330 e. The number of unbranched alkanes of at least 4 members (excludes halogenated alkanes) is 2. The van der Waals surface area contributed by atoms with E-state index in [-0.39, 0.29) is 17.7 Å². The number of aryl methyl sites for hydroxylation is 1. The van der Waals surface area contributed by atoms with E-state index in [4.69, 9.17) is 20.8 Å². The van der Waals surface area contributed by atoms with Gasteiger partial charge < -0.3 is 25.1 Å². The highest BCUT2D eigenvalue weighted by Crippen LogP contribution is 2.38. The maximum absolute atomic E-state index is 13.3. The molecule has 1 aliphatic rings. The number of halogens is 1. The van der Waals surface area contributed by atoms with Gasteiger partial charge in [0.25, 0.3) is 13.9 Å². The van der Waals surface area contributed by atoms with Crippen molar-refractivity contribution in [2.75, 3.05) is 25.0 Å². The molecule has 13 heteroatoms. The molecule has 4 N–H and O–H groups in total. The van der Waals surface area contributed by atoms with E-state index >= 15 is 0 Å². The minimum Gasteiger partial charge on any atom is -0.405 e. The Morgan fingerprint density at radius 1 is 0.981 bits per heavy atom. The van der Waals surface area contributed by atoms with Crippen LogP contribution < -0.4 is 37.6 Å². The fraction of sp³-hybridized carbons (Fsp3) is 0.366. The molecule has 0 radical (unpaired) electrons. The second-order valence-electron chi connectivity index (χ2n) is 14.8. The monoisotopic (exact) mass is 768 g/mol. The van der Waals surface area contributed by atoms with Crippen LogP contribution in [0.5, 0.6) is 0 Å². The minimum absolute atomic E-state index is 0.179. The van der Waals surface area contributed by atoms with E-state index in [1.165, 1.54) is 10.8 Å². The summed E-state index contributed by atoms with van der Waals surface area (Å²) in [5.41, 5.74) is 1.24. The number of amides is 2. The largest absolute Gasteiger partial charge is 0.405 e. The zero-order valence-corrected chi connectivity index (χ0v) is 33.0. The predicted molar refractivity (Wildman–Crippen MR) is 218 cm³/mol. The van der Waals surface area contributed by atoms with E-state index < -0.39 is 37.9 Å². The molecule has 2 aromatic heterocycles. The summed E-state index contributed by atoms with van der Waals surface area (Å²) in [5, 5.41) is 13.3. The summed E-state index contributed by atoms with van der Waals surface area (Å²) in [6, 6.07) is 27.5. The molecule has 1 aliphatic heterocycles. The second-order valence-corrected chi connectivity index (χ2v) is 19.6. The predicted octanol–water partition coefficient (Wildman–Crippen LogP) is 5.86. The van der Waals surface area contributed by atoms with Gasteiger partial charge in [0.2, 0.25) is 0 Å². The fourth-order valence-electron chi connectivity index (χ4n) is 7.32. The number of pyridine rings is 1. The molecule has 1 fully saturated rings. The van der Waals surface area contributed by atoms with E-state index in [1.54, 1.807) is 13.1 Å². The summed E-state index contributed by atoms with van der Waals surface area (Å²) in [7, 11) is -2.93. The van der Waals surface area contributed by atoms with Crippen molar-refractivity contribution in [3.8, 4) is 0 Å². The van der Waals surface area contributed by atoms with Crippen LogP contribution in [0.15, 0.2) is 107 Å². The van der Waals surface area contributed by atoms with Gasteiger partial charge in [0.1, 0.15) is 12.3 Å². The SMILES string of the molecule is Cc1cn([C@H]2C[C@H](NC(=O)NCCCCCNc3ccnc4cc(Cl)ccc34)[C@H](CO[Si](c3ccccc3)(c3ccccc3)C(C)(C)C)O2)c(=O)[nH]c1=O. The molecule has 3 atom stereocenters. The topological polar surface area (TPSA) is 139 Å². The van der Waals surface area contributed by atoms with Crippen LogP contribution in [0.25, 0.3) is 10.9 Å². The number of fused-ring (bicyclic) bond motifs is 1. The van der Waals surface area contributed by atoms with Crippen LogP contribution in [0.2, 0.25) is 10.1 Å². The molecule has 5 aromatic rings. The Hall–Kier alpha value is -4.75. The van der Waals surface area contributed by atoms with E-state index in [0.29, 0.717) is 23.6 Å². The molecule has 0 saturated carbocycles. The lowest BCUT2D eigenvalue weighted by atomic mass is 10.1. The first-order valence-corrected chi connectivity index (χ1v) is 20.8. The number of aromatic amines is 1. The molecular formula is C41H49ClN6O5Si. The van der Waals surface area contributed by atoms with Crippen LogP contribution in [0.3, 0.4) is 0 Å². The maximum atomic E-state index is 13.3. The lowest BCUT2D eigenvalue weighted by Gasteiger charge is -2.43. The minimum atomic E-state index is -2.93. The van der Waals surface area contributed by atoms with Crippen LogP contribution in [-0.4, -0.2) is 60.7 Å². The molecule has 3 aromatic carbocycles. The summed E-state index contributed by atoms with van der Waals surface area (Å²) in [6.45, 7) is 9.72. The summed E-state index contributed by atoms with van der Waals surface area (Å²) < 4.78 is 15.1. The zero-order valence-electron chi connectivity index (χ0n) is 31.2. The maximum Gasteiger partial charge on any atom is 0.330 e. The van der Waals surface area contributed by atoms with Crippen molar-refractivity contribution in [1.29, 1.82) is 0 Å². The Morgan fingerprint density at radius 2 is 1.67 bits per heavy atom. The zero-order chi connectivity index (χ0) is 38.3. The number of hydrogen-bond acceptors (Lipinski definition) is 7. The van der Waals surface area contributed by atoms with Crippen molar-refractivity contribution in [2.24, 2.45) is 0 Å². The third-order valence-corrected chi connectivity index (χ3v) is 15.3. The van der Waals surface area contributed by atoms with Gasteiger partial charge in [-0.2, -0.15) is 0 Å². The molecule has 6 rings (SSSR count). The van der Waals surface area contributed by atoms with Crippen LogP contribution in [0.4, 0.5) is 10.5 Å². The Kier molecular flexibility index (Phi) is 12.4. The molecule has 3 heterocycles. The third-order valence-electron chi connectivity index (χ3n) is 10.0. The first-order valence-electron chi connectivity index (χ1n) is 18.5. The number of anilines is 1. The Bertz CT molecular complexity index is 2120. The van der Waals surface area contributed by atoms with Crippen molar-refractivity contribution in [1.82, 2.24) is 25.2 Å². The number of H-pyrrole nitrogens is 1. The number of aromatic nitrogens is 3. The quantitative estimate of drug-likeness (QED) is 0.0820. The molecule has 0 bridgehead atoms. The highest BCUT2D eigenvalue weighted by atomic mass is 35.5. The number of rotatable bonds is 14. The van der Waals surface area contributed by atoms with Gasteiger partial charge in [0, 0.05) is 53.6 Å². The number of nitrogens with one attached hydrogen (secondary N) is 4. The lowest BCUT2D eigenvalue weighted by Crippen LogP contribution is -2.67. The molecule has 284 valence electrons. The molecule has 11 nitrogen and oxygen atoms in total. The van der Waals surface area contributed by atoms with Gasteiger partial charge in [-0.1, -0.05) is 93.0 Å². The molecular weight excluding hydrogens is 720 g/mol. The van der Waals surface area contributed by atoms with Gasteiger partial charge in [-0.05, 0) is 65.9 Å². The van der Waals surface area contributed by atoms with Crippen LogP contribution in [0, 0.1) is 6.92 Å². The molecule has 0 spiro atoms. The molecule has 0 aliphatic carbocycles. The van der Waals surface area contributed by atoms with Crippen molar-refractivity contribution < 1.29 is 14.0 Å². The summed E-state index contributed by atoms with van der Waals surface area (Å²) in [6.07, 6.45) is 4.95. The molecule has 1 saturated heterocycles. The molecule has 2 amide bonds. The first-order chi connectivity index (χ1) is 26.0. The highest BCUT2D eigenvalue weighted by Gasteiger charge is 2.51. The standard InChI is InChI=1S/C41H49ClN6O5Si/c1-28-26-48(40(51)47-38(28)49)37-25-35(46-39(50)45-22-13-7-12-21-43-33-20-23-44-34-24-29(42)18-19-32(33)34)36(53-37)27-52-54(41(2,3)4,30-14-8-5-9-15-30)31-16-10-6-11-17-31/h5-6,8-11,14-20,23-24,26,35-37H,7,12-13,21-22,25,27H2,1-4H3,(H,43,44)(H2,45,46,50)(H,47,49,51)/t35-,36-,37+/m0/s1.